The second-order valence-corrected chi connectivity index (χ2v) is 5.30. The maximum atomic E-state index is 12.3. The molecule has 2 N–H and O–H groups in total. The predicted molar refractivity (Wildman–Crippen MR) is 84.7 cm³/mol. The number of rotatable bonds is 5. The molecule has 0 bridgehead atoms. The van der Waals surface area contributed by atoms with Crippen LogP contribution in [0.3, 0.4) is 0 Å². The SMILES string of the molecule is CCCC(NC(=O)c1ccc(O)c(Cl)c1)c1ccccc1. The molecule has 3 nitrogen and oxygen atoms in total. The quantitative estimate of drug-likeness (QED) is 0.864. The lowest BCUT2D eigenvalue weighted by Crippen LogP contribution is -2.28. The van der Waals surface area contributed by atoms with E-state index in [1.807, 2.05) is 30.3 Å². The Kier molecular flexibility index (Phi) is 5.23. The fraction of sp³-hybridized carbons (Fsp3) is 0.235. The summed E-state index contributed by atoms with van der Waals surface area (Å²) in [5.74, 6) is -0.222. The predicted octanol–water partition coefficient (Wildman–Crippen LogP) is 4.32. The van der Waals surface area contributed by atoms with Crippen LogP contribution in [0.15, 0.2) is 48.5 Å². The molecule has 2 aromatic carbocycles. The Morgan fingerprint density at radius 2 is 1.95 bits per heavy atom. The van der Waals surface area contributed by atoms with Gasteiger partial charge in [0.2, 0.25) is 0 Å². The molecule has 0 aromatic heterocycles. The van der Waals surface area contributed by atoms with Crippen molar-refractivity contribution in [2.45, 2.75) is 25.8 Å². The number of benzene rings is 2. The van der Waals surface area contributed by atoms with Gasteiger partial charge in [-0.3, -0.25) is 4.79 Å². The molecule has 1 amide bonds. The minimum Gasteiger partial charge on any atom is -0.506 e. The van der Waals surface area contributed by atoms with Crippen LogP contribution >= 0.6 is 11.6 Å². The summed E-state index contributed by atoms with van der Waals surface area (Å²) in [7, 11) is 0. The Morgan fingerprint density at radius 1 is 1.24 bits per heavy atom. The van der Waals surface area contributed by atoms with Crippen molar-refractivity contribution in [2.24, 2.45) is 0 Å². The molecule has 2 rings (SSSR count). The smallest absolute Gasteiger partial charge is 0.251 e. The van der Waals surface area contributed by atoms with Crippen LogP contribution in [0.25, 0.3) is 0 Å². The van der Waals surface area contributed by atoms with Crippen molar-refractivity contribution in [2.75, 3.05) is 0 Å². The lowest BCUT2D eigenvalue weighted by atomic mass is 10.0. The first-order valence-electron chi connectivity index (χ1n) is 6.96. The van der Waals surface area contributed by atoms with Crippen LogP contribution in [0.4, 0.5) is 0 Å². The lowest BCUT2D eigenvalue weighted by Gasteiger charge is -2.18. The van der Waals surface area contributed by atoms with Crippen LogP contribution in [0.2, 0.25) is 5.02 Å². The lowest BCUT2D eigenvalue weighted by molar-refractivity contribution is 0.0934. The van der Waals surface area contributed by atoms with Gasteiger partial charge in [-0.1, -0.05) is 55.3 Å². The second-order valence-electron chi connectivity index (χ2n) is 4.89. The maximum Gasteiger partial charge on any atom is 0.251 e. The molecule has 21 heavy (non-hydrogen) atoms. The van der Waals surface area contributed by atoms with Crippen molar-refractivity contribution in [3.8, 4) is 5.75 Å². The molecule has 0 fully saturated rings. The van der Waals surface area contributed by atoms with Gasteiger partial charge in [-0.25, -0.2) is 0 Å². The number of phenolic OH excluding ortho intramolecular Hbond substituents is 1. The standard InChI is InChI=1S/C17H18ClNO2/c1-2-6-15(12-7-4-3-5-8-12)19-17(21)13-9-10-16(20)14(18)11-13/h3-5,7-11,15,20H,2,6H2,1H3,(H,19,21). The second kappa shape index (κ2) is 7.14. The molecule has 1 unspecified atom stereocenters. The van der Waals surface area contributed by atoms with E-state index in [0.29, 0.717) is 5.56 Å². The monoisotopic (exact) mass is 303 g/mol. The zero-order valence-electron chi connectivity index (χ0n) is 11.8. The third-order valence-electron chi connectivity index (χ3n) is 3.29. The Bertz CT molecular complexity index is 613. The highest BCUT2D eigenvalue weighted by Gasteiger charge is 2.15. The van der Waals surface area contributed by atoms with Crippen molar-refractivity contribution < 1.29 is 9.90 Å². The van der Waals surface area contributed by atoms with Gasteiger partial charge in [0, 0.05) is 5.56 Å². The molecule has 0 radical (unpaired) electrons. The number of halogens is 1. The number of aromatic hydroxyl groups is 1. The van der Waals surface area contributed by atoms with E-state index in [4.69, 9.17) is 11.6 Å². The number of carbonyl (C=O) groups is 1. The van der Waals surface area contributed by atoms with Crippen LogP contribution in [0.5, 0.6) is 5.75 Å². The molecule has 0 aliphatic heterocycles. The third kappa shape index (κ3) is 3.99. The van der Waals surface area contributed by atoms with E-state index >= 15 is 0 Å². The zero-order valence-corrected chi connectivity index (χ0v) is 12.6. The van der Waals surface area contributed by atoms with Gasteiger partial charge in [0.15, 0.2) is 0 Å². The Labute approximate surface area is 129 Å². The maximum absolute atomic E-state index is 12.3. The topological polar surface area (TPSA) is 49.3 Å². The molecule has 0 aliphatic rings. The van der Waals surface area contributed by atoms with E-state index < -0.39 is 0 Å². The van der Waals surface area contributed by atoms with Crippen molar-refractivity contribution in [3.63, 3.8) is 0 Å². The molecule has 4 heteroatoms. The number of hydrogen-bond donors (Lipinski definition) is 2. The van der Waals surface area contributed by atoms with Crippen molar-refractivity contribution in [3.05, 3.63) is 64.7 Å². The van der Waals surface area contributed by atoms with Crippen LogP contribution in [0.1, 0.15) is 41.7 Å². The minimum absolute atomic E-state index is 0.0265. The fourth-order valence-corrected chi connectivity index (χ4v) is 2.37. The highest BCUT2D eigenvalue weighted by atomic mass is 35.5. The molecule has 0 aliphatic carbocycles. The van der Waals surface area contributed by atoms with Gasteiger partial charge in [0.05, 0.1) is 11.1 Å². The summed E-state index contributed by atoms with van der Waals surface area (Å²) in [5.41, 5.74) is 1.52. The fourth-order valence-electron chi connectivity index (χ4n) is 2.19. The summed E-state index contributed by atoms with van der Waals surface area (Å²) < 4.78 is 0. The van der Waals surface area contributed by atoms with Gasteiger partial charge in [0.1, 0.15) is 5.75 Å². The molecule has 0 saturated carbocycles. The van der Waals surface area contributed by atoms with E-state index in [2.05, 4.69) is 12.2 Å². The molecule has 0 spiro atoms. The number of carbonyl (C=O) groups excluding carboxylic acids is 1. The summed E-state index contributed by atoms with van der Waals surface area (Å²) in [4.78, 5) is 12.3. The number of hydrogen-bond acceptors (Lipinski definition) is 2. The Hall–Kier alpha value is -2.00. The van der Waals surface area contributed by atoms with Crippen LogP contribution in [-0.4, -0.2) is 11.0 Å². The van der Waals surface area contributed by atoms with E-state index in [1.54, 1.807) is 6.07 Å². The average Bonchev–Trinajstić information content (AvgIpc) is 2.50. The number of phenols is 1. The van der Waals surface area contributed by atoms with E-state index in [1.165, 1.54) is 12.1 Å². The summed E-state index contributed by atoms with van der Waals surface area (Å²) >= 11 is 5.84. The van der Waals surface area contributed by atoms with Crippen molar-refractivity contribution in [1.82, 2.24) is 5.32 Å². The first-order chi connectivity index (χ1) is 10.1. The van der Waals surface area contributed by atoms with Crippen LogP contribution in [-0.2, 0) is 0 Å². The zero-order chi connectivity index (χ0) is 15.2. The van der Waals surface area contributed by atoms with Gasteiger partial charge < -0.3 is 10.4 Å². The summed E-state index contributed by atoms with van der Waals surface area (Å²) in [5, 5.41) is 12.6. The Balaban J connectivity index is 2.16. The van der Waals surface area contributed by atoms with Gasteiger partial charge >= 0.3 is 0 Å². The van der Waals surface area contributed by atoms with Gasteiger partial charge in [0.25, 0.3) is 5.91 Å². The molecule has 0 heterocycles. The van der Waals surface area contributed by atoms with Crippen molar-refractivity contribution >= 4 is 17.5 Å². The third-order valence-corrected chi connectivity index (χ3v) is 3.60. The summed E-state index contributed by atoms with van der Waals surface area (Å²) in [6.45, 7) is 2.08. The highest BCUT2D eigenvalue weighted by Crippen LogP contribution is 2.24. The number of amides is 1. The average molecular weight is 304 g/mol. The van der Waals surface area contributed by atoms with Crippen LogP contribution in [0, 0.1) is 0 Å². The van der Waals surface area contributed by atoms with Crippen LogP contribution < -0.4 is 5.32 Å². The number of nitrogens with one attached hydrogen (secondary N) is 1. The molecular weight excluding hydrogens is 286 g/mol. The molecule has 110 valence electrons. The molecule has 1 atom stereocenters. The van der Waals surface area contributed by atoms with E-state index in [-0.39, 0.29) is 22.7 Å². The normalized spacial score (nSPS) is 11.9. The van der Waals surface area contributed by atoms with Gasteiger partial charge in [-0.2, -0.15) is 0 Å². The van der Waals surface area contributed by atoms with Crippen molar-refractivity contribution in [1.29, 1.82) is 0 Å². The first-order valence-corrected chi connectivity index (χ1v) is 7.34. The highest BCUT2D eigenvalue weighted by molar-refractivity contribution is 6.32. The molecular formula is C17H18ClNO2. The summed E-state index contributed by atoms with van der Waals surface area (Å²) in [6.07, 6.45) is 1.83. The van der Waals surface area contributed by atoms with Gasteiger partial charge in [-0.05, 0) is 30.2 Å². The van der Waals surface area contributed by atoms with E-state index in [9.17, 15) is 9.90 Å². The molecule has 0 saturated heterocycles. The largest absolute Gasteiger partial charge is 0.506 e. The Morgan fingerprint density at radius 3 is 2.57 bits per heavy atom. The molecule has 2 aromatic rings. The minimum atomic E-state index is -0.195. The first kappa shape index (κ1) is 15.4. The van der Waals surface area contributed by atoms with E-state index in [0.717, 1.165) is 18.4 Å². The van der Waals surface area contributed by atoms with Gasteiger partial charge in [-0.15, -0.1) is 0 Å². The summed E-state index contributed by atoms with van der Waals surface area (Å²) in [6, 6.07) is 14.3.